The fourth-order valence-electron chi connectivity index (χ4n) is 4.06. The molecule has 8 nitrogen and oxygen atoms in total. The highest BCUT2D eigenvalue weighted by Crippen LogP contribution is 2.46. The molecule has 3 heterocycles. The molecule has 3 aliphatic heterocycles. The summed E-state index contributed by atoms with van der Waals surface area (Å²) in [6.07, 6.45) is 1.51. The van der Waals surface area contributed by atoms with E-state index in [0.29, 0.717) is 38.9 Å². The van der Waals surface area contributed by atoms with Gasteiger partial charge in [-0.2, -0.15) is 0 Å². The van der Waals surface area contributed by atoms with Gasteiger partial charge in [-0.15, -0.1) is 0 Å². The Labute approximate surface area is 200 Å². The highest BCUT2D eigenvalue weighted by Gasteiger charge is 2.44. The molecule has 3 amide bonds. The van der Waals surface area contributed by atoms with Gasteiger partial charge in [0.15, 0.2) is 0 Å². The molecule has 2 aromatic rings. The summed E-state index contributed by atoms with van der Waals surface area (Å²) < 4.78 is 13.8. The van der Waals surface area contributed by atoms with Crippen LogP contribution in [0, 0.1) is 12.7 Å². The number of hydrogen-bond donors (Lipinski definition) is 3. The van der Waals surface area contributed by atoms with Crippen molar-refractivity contribution in [2.45, 2.75) is 18.8 Å². The first-order chi connectivity index (χ1) is 16.3. The molecule has 0 aromatic heterocycles. The number of benzene rings is 2. The maximum Gasteiger partial charge on any atom is 0.332 e. The number of nitrogens with one attached hydrogen (secondary N) is 3. The van der Waals surface area contributed by atoms with E-state index >= 15 is 0 Å². The monoisotopic (exact) mass is 478 g/mol. The first kappa shape index (κ1) is 22.2. The van der Waals surface area contributed by atoms with Gasteiger partial charge in [-0.1, -0.05) is 23.9 Å². The zero-order valence-electron chi connectivity index (χ0n) is 18.8. The molecule has 3 N–H and O–H groups in total. The van der Waals surface area contributed by atoms with Crippen LogP contribution in [0.1, 0.15) is 11.1 Å². The van der Waals surface area contributed by atoms with Crippen molar-refractivity contribution < 1.29 is 14.0 Å². The summed E-state index contributed by atoms with van der Waals surface area (Å²) in [5, 5.41) is 8.43. The van der Waals surface area contributed by atoms with E-state index in [0.717, 1.165) is 12.1 Å². The van der Waals surface area contributed by atoms with Crippen LogP contribution in [0.15, 0.2) is 69.5 Å². The lowest BCUT2D eigenvalue weighted by molar-refractivity contribution is -0.112. The molecule has 0 aliphatic carbocycles. The van der Waals surface area contributed by atoms with Crippen molar-refractivity contribution in [1.82, 2.24) is 15.5 Å². The summed E-state index contributed by atoms with van der Waals surface area (Å²) in [6.45, 7) is 2.45. The normalized spacial score (nSPS) is 18.8. The van der Waals surface area contributed by atoms with Crippen molar-refractivity contribution >= 4 is 41.4 Å². The Balaban J connectivity index is 1.46. The van der Waals surface area contributed by atoms with Gasteiger partial charge in [-0.05, 0) is 62.5 Å². The minimum absolute atomic E-state index is 0.316. The van der Waals surface area contributed by atoms with Crippen molar-refractivity contribution in [2.24, 2.45) is 4.99 Å². The number of aryl methyl sites for hydroxylation is 1. The third-order valence-electron chi connectivity index (χ3n) is 5.61. The molecular formula is C24H23FN6O2S. The van der Waals surface area contributed by atoms with Crippen LogP contribution in [0.4, 0.5) is 20.6 Å². The molecule has 1 unspecified atom stereocenters. The third kappa shape index (κ3) is 3.95. The summed E-state index contributed by atoms with van der Waals surface area (Å²) in [5.74, 6) is -0.156. The van der Waals surface area contributed by atoms with Crippen molar-refractivity contribution in [3.05, 3.63) is 81.4 Å². The number of aliphatic imine (C=N–C) groups is 1. The number of hydrogen-bond acceptors (Lipinski definition) is 6. The molecule has 0 bridgehead atoms. The van der Waals surface area contributed by atoms with Crippen molar-refractivity contribution in [3.8, 4) is 0 Å². The molecule has 1 atom stereocenters. The zero-order valence-corrected chi connectivity index (χ0v) is 19.7. The van der Waals surface area contributed by atoms with Crippen LogP contribution in [0.25, 0.3) is 0 Å². The number of amides is 3. The molecule has 5 rings (SSSR count). The maximum atomic E-state index is 13.8. The number of thioether (sulfide) groups is 1. The molecule has 174 valence electrons. The third-order valence-corrected chi connectivity index (χ3v) is 6.82. The van der Waals surface area contributed by atoms with E-state index < -0.39 is 6.03 Å². The first-order valence-electron chi connectivity index (χ1n) is 10.7. The summed E-state index contributed by atoms with van der Waals surface area (Å²) in [7, 11) is 3.99. The van der Waals surface area contributed by atoms with Crippen LogP contribution in [-0.4, -0.2) is 42.6 Å². The fourth-order valence-corrected chi connectivity index (χ4v) is 5.19. The van der Waals surface area contributed by atoms with E-state index in [1.165, 1.54) is 29.1 Å². The molecule has 3 aliphatic rings. The molecule has 0 radical (unpaired) electrons. The van der Waals surface area contributed by atoms with Gasteiger partial charge in [0.05, 0.1) is 28.2 Å². The van der Waals surface area contributed by atoms with Gasteiger partial charge in [-0.25, -0.2) is 14.1 Å². The van der Waals surface area contributed by atoms with Gasteiger partial charge in [-0.3, -0.25) is 9.79 Å². The van der Waals surface area contributed by atoms with E-state index in [-0.39, 0.29) is 17.1 Å². The van der Waals surface area contributed by atoms with Crippen LogP contribution in [0.2, 0.25) is 0 Å². The van der Waals surface area contributed by atoms with Gasteiger partial charge < -0.3 is 20.9 Å². The molecule has 0 fully saturated rings. The smallest absolute Gasteiger partial charge is 0.332 e. The molecule has 2 aromatic carbocycles. The van der Waals surface area contributed by atoms with Crippen LogP contribution in [0.3, 0.4) is 0 Å². The Bertz CT molecular complexity index is 1280. The van der Waals surface area contributed by atoms with E-state index in [4.69, 9.17) is 0 Å². The molecule has 10 heteroatoms. The number of urea groups is 1. The second kappa shape index (κ2) is 8.62. The van der Waals surface area contributed by atoms with Crippen molar-refractivity contribution in [2.75, 3.05) is 24.3 Å². The summed E-state index contributed by atoms with van der Waals surface area (Å²) in [4.78, 5) is 34.6. The van der Waals surface area contributed by atoms with Crippen molar-refractivity contribution in [3.63, 3.8) is 0 Å². The lowest BCUT2D eigenvalue weighted by Gasteiger charge is -2.34. The Hall–Kier alpha value is -3.63. The number of rotatable bonds is 5. The Kier molecular flexibility index (Phi) is 5.62. The van der Waals surface area contributed by atoms with Crippen molar-refractivity contribution in [1.29, 1.82) is 0 Å². The topological polar surface area (TPSA) is 89.1 Å². The standard InChI is InChI=1S/C24H23FN6O2S/c1-13-10-16(8-9-17(13)25)31-21-18-19(29-24(31)33)20(34-23(18)27-12-26-21)22(32)28-15-6-4-14(5-7-15)11-30(2)3/h4-10,12,23H,11H2,1-3H3,(H,26,27)(H,28,32)(H,29,33). The minimum atomic E-state index is -0.442. The average Bonchev–Trinajstić information content (AvgIpc) is 3.17. The molecule has 34 heavy (non-hydrogen) atoms. The minimum Gasteiger partial charge on any atom is -0.332 e. The average molecular weight is 479 g/mol. The van der Waals surface area contributed by atoms with E-state index in [2.05, 4.69) is 25.8 Å². The second-order valence-electron chi connectivity index (χ2n) is 8.45. The summed E-state index contributed by atoms with van der Waals surface area (Å²) >= 11 is 1.28. The highest BCUT2D eigenvalue weighted by molar-refractivity contribution is 8.05. The van der Waals surface area contributed by atoms with Gasteiger partial charge in [0.25, 0.3) is 5.91 Å². The summed E-state index contributed by atoms with van der Waals surface area (Å²) in [5.41, 5.74) is 3.89. The van der Waals surface area contributed by atoms with Crippen LogP contribution < -0.4 is 20.9 Å². The van der Waals surface area contributed by atoms with E-state index in [1.807, 2.05) is 38.4 Å². The second-order valence-corrected chi connectivity index (χ2v) is 9.54. The van der Waals surface area contributed by atoms with Gasteiger partial charge in [0.2, 0.25) is 0 Å². The lowest BCUT2D eigenvalue weighted by atomic mass is 10.1. The number of carbonyl (C=O) groups excluding carboxylic acids is 2. The molecular weight excluding hydrogens is 455 g/mol. The quantitative estimate of drug-likeness (QED) is 0.612. The van der Waals surface area contributed by atoms with Gasteiger partial charge in [0.1, 0.15) is 17.0 Å². The SMILES string of the molecule is Cc1cc(N2C(=O)NC3=C(C(=O)Nc4ccc(CN(C)C)cc4)SC4N=CNC2=C34)ccc1F. The Morgan fingerprint density at radius 3 is 2.71 bits per heavy atom. The number of nitrogens with zero attached hydrogens (tertiary/aromatic N) is 3. The Morgan fingerprint density at radius 2 is 2.00 bits per heavy atom. The Morgan fingerprint density at radius 1 is 1.24 bits per heavy atom. The van der Waals surface area contributed by atoms with Crippen LogP contribution in [-0.2, 0) is 11.3 Å². The van der Waals surface area contributed by atoms with Crippen LogP contribution >= 0.6 is 11.8 Å². The lowest BCUT2D eigenvalue weighted by Crippen LogP contribution is -2.50. The largest absolute Gasteiger partial charge is 0.332 e. The number of halogens is 1. The molecule has 0 saturated heterocycles. The summed E-state index contributed by atoms with van der Waals surface area (Å²) in [6, 6.07) is 11.7. The fraction of sp³-hybridized carbons (Fsp3) is 0.208. The first-order valence-corrected chi connectivity index (χ1v) is 11.6. The van der Waals surface area contributed by atoms with E-state index in [9.17, 15) is 14.0 Å². The molecule has 0 spiro atoms. The van der Waals surface area contributed by atoms with Gasteiger partial charge in [0, 0.05) is 12.2 Å². The van der Waals surface area contributed by atoms with E-state index in [1.54, 1.807) is 19.1 Å². The molecule has 0 saturated carbocycles. The highest BCUT2D eigenvalue weighted by atomic mass is 32.2. The maximum absolute atomic E-state index is 13.8. The predicted molar refractivity (Wildman–Crippen MR) is 132 cm³/mol. The van der Waals surface area contributed by atoms with Gasteiger partial charge >= 0.3 is 6.03 Å². The number of anilines is 2. The predicted octanol–water partition coefficient (Wildman–Crippen LogP) is 3.49. The zero-order chi connectivity index (χ0) is 24.0. The van der Waals surface area contributed by atoms with Crippen LogP contribution in [0.5, 0.6) is 0 Å². The number of carbonyl (C=O) groups is 2.